The van der Waals surface area contributed by atoms with Crippen molar-refractivity contribution in [2.24, 2.45) is 28.6 Å². The molecule has 0 amide bonds. The highest BCUT2D eigenvalue weighted by atomic mass is 19.4. The van der Waals surface area contributed by atoms with Crippen molar-refractivity contribution in [3.8, 4) is 0 Å². The van der Waals surface area contributed by atoms with Gasteiger partial charge in [0.05, 0.1) is 6.10 Å². The number of aliphatic hydroxyl groups excluding tert-OH is 1. The number of hydrogen-bond donors (Lipinski definition) is 1. The van der Waals surface area contributed by atoms with Gasteiger partial charge in [-0.1, -0.05) is 31.6 Å². The Kier molecular flexibility index (Phi) is 5.70. The molecule has 0 aromatic heterocycles. The number of benzene rings is 1. The molecule has 6 heteroatoms. The summed E-state index contributed by atoms with van der Waals surface area (Å²) in [6.45, 7) is 3.61. The number of allylic oxidation sites excluding steroid dienone is 1. The summed E-state index contributed by atoms with van der Waals surface area (Å²) < 4.78 is 38.7. The number of fused-ring (bicyclic) bond motifs is 5. The van der Waals surface area contributed by atoms with E-state index in [1.807, 2.05) is 30.3 Å². The number of nitrogens with zero attached hydrogens (tertiary/aromatic N) is 1. The molecule has 7 unspecified atom stereocenters. The predicted molar refractivity (Wildman–Crippen MR) is 127 cm³/mol. The molecule has 5 rings (SSSR count). The van der Waals surface area contributed by atoms with Gasteiger partial charge in [-0.15, -0.1) is 0 Å². The molecule has 3 nitrogen and oxygen atoms in total. The fourth-order valence-electron chi connectivity index (χ4n) is 8.38. The first-order valence-electron chi connectivity index (χ1n) is 12.7. The minimum Gasteiger partial charge on any atom is -0.393 e. The second-order valence-corrected chi connectivity index (χ2v) is 11.9. The molecule has 0 saturated heterocycles. The van der Waals surface area contributed by atoms with E-state index in [1.54, 1.807) is 0 Å². The van der Waals surface area contributed by atoms with Crippen molar-refractivity contribution >= 4 is 11.5 Å². The van der Waals surface area contributed by atoms with Gasteiger partial charge >= 0.3 is 6.18 Å². The second-order valence-electron chi connectivity index (χ2n) is 11.9. The number of rotatable bonds is 3. The highest BCUT2D eigenvalue weighted by Crippen LogP contribution is 2.68. The van der Waals surface area contributed by atoms with Crippen LogP contribution < -0.4 is 4.90 Å². The average molecular weight is 476 g/mol. The second kappa shape index (κ2) is 8.11. The molecule has 0 aliphatic heterocycles. The number of hydrogen-bond acceptors (Lipinski definition) is 3. The van der Waals surface area contributed by atoms with E-state index in [0.29, 0.717) is 29.9 Å². The third-order valence-corrected chi connectivity index (χ3v) is 10.1. The van der Waals surface area contributed by atoms with Gasteiger partial charge in [0.1, 0.15) is 6.54 Å². The topological polar surface area (TPSA) is 40.5 Å². The molecule has 0 bridgehead atoms. The summed E-state index contributed by atoms with van der Waals surface area (Å²) in [6.07, 6.45) is 3.60. The van der Waals surface area contributed by atoms with Gasteiger partial charge in [-0.05, 0) is 96.8 Å². The van der Waals surface area contributed by atoms with E-state index in [0.717, 1.165) is 44.1 Å². The van der Waals surface area contributed by atoms with E-state index in [9.17, 15) is 23.1 Å². The highest BCUT2D eigenvalue weighted by Gasteiger charge is 2.62. The third kappa shape index (κ3) is 3.81. The van der Waals surface area contributed by atoms with Crippen LogP contribution in [-0.4, -0.2) is 36.8 Å². The number of anilines is 1. The highest BCUT2D eigenvalue weighted by molar-refractivity contribution is 5.91. The number of ketones is 1. The van der Waals surface area contributed by atoms with E-state index < -0.39 is 12.7 Å². The largest absolute Gasteiger partial charge is 0.405 e. The summed E-state index contributed by atoms with van der Waals surface area (Å²) in [5, 5.41) is 11.0. The molecule has 0 heterocycles. The first kappa shape index (κ1) is 23.9. The van der Waals surface area contributed by atoms with Crippen LogP contribution in [0.1, 0.15) is 70.3 Å². The van der Waals surface area contributed by atoms with Crippen LogP contribution in [0.2, 0.25) is 0 Å². The van der Waals surface area contributed by atoms with Gasteiger partial charge < -0.3 is 10.0 Å². The van der Waals surface area contributed by atoms with Crippen molar-refractivity contribution in [2.45, 2.75) is 77.0 Å². The Morgan fingerprint density at radius 1 is 1.09 bits per heavy atom. The van der Waals surface area contributed by atoms with Gasteiger partial charge in [-0.25, -0.2) is 0 Å². The lowest BCUT2D eigenvalue weighted by Crippen LogP contribution is -2.54. The summed E-state index contributed by atoms with van der Waals surface area (Å²) in [7, 11) is 1.47. The fraction of sp³-hybridized carbons (Fsp3) is 0.679. The summed E-state index contributed by atoms with van der Waals surface area (Å²) in [5.74, 6) is 1.79. The normalized spacial score (nSPS) is 39.7. The maximum Gasteiger partial charge on any atom is 0.405 e. The quantitative estimate of drug-likeness (QED) is 0.560. The minimum absolute atomic E-state index is 0.0396. The molecule has 186 valence electrons. The molecule has 1 aromatic carbocycles. The van der Waals surface area contributed by atoms with Gasteiger partial charge in [-0.3, -0.25) is 4.79 Å². The number of carbonyl (C=O) groups is 1. The molecule has 3 saturated carbocycles. The third-order valence-electron chi connectivity index (χ3n) is 10.1. The Morgan fingerprint density at radius 3 is 2.47 bits per heavy atom. The Morgan fingerprint density at radius 2 is 1.79 bits per heavy atom. The minimum atomic E-state index is -4.25. The first-order valence-corrected chi connectivity index (χ1v) is 12.7. The summed E-state index contributed by atoms with van der Waals surface area (Å²) in [6, 6.07) is 7.62. The molecule has 1 aromatic rings. The Balaban J connectivity index is 1.53. The lowest BCUT2D eigenvalue weighted by atomic mass is 9.44. The molecule has 0 radical (unpaired) electrons. The smallest absolute Gasteiger partial charge is 0.393 e. The van der Waals surface area contributed by atoms with E-state index in [-0.39, 0.29) is 28.6 Å². The van der Waals surface area contributed by atoms with Gasteiger partial charge in [0.25, 0.3) is 0 Å². The summed E-state index contributed by atoms with van der Waals surface area (Å²) in [5.41, 5.74) is 2.81. The lowest BCUT2D eigenvalue weighted by molar-refractivity contribution is -0.119. The Bertz CT molecular complexity index is 986. The van der Waals surface area contributed by atoms with Crippen LogP contribution in [0, 0.1) is 28.6 Å². The zero-order valence-electron chi connectivity index (χ0n) is 20.4. The van der Waals surface area contributed by atoms with Crippen LogP contribution in [0.5, 0.6) is 0 Å². The van der Waals surface area contributed by atoms with E-state index in [2.05, 4.69) is 13.8 Å². The van der Waals surface area contributed by atoms with Crippen molar-refractivity contribution in [2.75, 3.05) is 18.5 Å². The maximum absolute atomic E-state index is 12.9. The van der Waals surface area contributed by atoms with Crippen molar-refractivity contribution in [3.63, 3.8) is 0 Å². The molecule has 3 fully saturated rings. The Labute approximate surface area is 200 Å². The van der Waals surface area contributed by atoms with Crippen LogP contribution in [0.15, 0.2) is 35.9 Å². The molecule has 1 N–H and O–H groups in total. The van der Waals surface area contributed by atoms with Crippen LogP contribution in [0.4, 0.5) is 18.9 Å². The summed E-state index contributed by atoms with van der Waals surface area (Å²) >= 11 is 0. The molecule has 34 heavy (non-hydrogen) atoms. The molecule has 4 aliphatic rings. The van der Waals surface area contributed by atoms with Gasteiger partial charge in [-0.2, -0.15) is 13.2 Å². The molecule has 7 atom stereocenters. The van der Waals surface area contributed by atoms with Gasteiger partial charge in [0, 0.05) is 19.2 Å². The van der Waals surface area contributed by atoms with E-state index in [4.69, 9.17) is 0 Å². The van der Waals surface area contributed by atoms with Crippen LogP contribution in [-0.2, 0) is 4.79 Å². The number of halogens is 3. The Hall–Kier alpha value is -1.82. The lowest BCUT2D eigenvalue weighted by Gasteiger charge is -2.61. The zero-order chi connectivity index (χ0) is 24.5. The summed E-state index contributed by atoms with van der Waals surface area (Å²) in [4.78, 5) is 13.5. The van der Waals surface area contributed by atoms with Gasteiger partial charge in [0.15, 0.2) is 5.78 Å². The number of aliphatic hydroxyl groups is 1. The number of alkyl halides is 3. The van der Waals surface area contributed by atoms with Crippen LogP contribution in [0.3, 0.4) is 0 Å². The van der Waals surface area contributed by atoms with Crippen molar-refractivity contribution in [3.05, 3.63) is 41.5 Å². The average Bonchev–Trinajstić information content (AvgIpc) is 3.07. The van der Waals surface area contributed by atoms with Crippen LogP contribution in [0.25, 0.3) is 0 Å². The SMILES string of the molecule is CN(CC(F)(F)F)c1ccc(C2CC3(C)C(O)CCC3C3CCC4=CC(=O)CCC4(C)C23)cc1. The monoisotopic (exact) mass is 475 g/mol. The molecular weight excluding hydrogens is 439 g/mol. The maximum atomic E-state index is 12.9. The van der Waals surface area contributed by atoms with Crippen molar-refractivity contribution in [1.29, 1.82) is 0 Å². The van der Waals surface area contributed by atoms with Gasteiger partial charge in [0.2, 0.25) is 0 Å². The molecular formula is C28H36F3NO2. The molecule has 4 aliphatic carbocycles. The van der Waals surface area contributed by atoms with Crippen LogP contribution >= 0.6 is 0 Å². The number of carbonyl (C=O) groups excluding carboxylic acids is 1. The van der Waals surface area contributed by atoms with E-state index >= 15 is 0 Å². The first-order chi connectivity index (χ1) is 15.9. The molecule has 0 spiro atoms. The standard InChI is InChI=1S/C28H36F3NO2/c1-26-13-12-20(33)14-18(26)6-9-21-23-10-11-24(34)27(23,2)15-22(25(21)26)17-4-7-19(8-5-17)32(3)16-28(29,30)31/h4-5,7-8,14,21-25,34H,6,9-13,15-16H2,1-3H3. The fourth-order valence-corrected chi connectivity index (χ4v) is 8.38. The van der Waals surface area contributed by atoms with Crippen molar-refractivity contribution in [1.82, 2.24) is 0 Å². The van der Waals surface area contributed by atoms with Crippen molar-refractivity contribution < 1.29 is 23.1 Å². The predicted octanol–water partition coefficient (Wildman–Crippen LogP) is 6.27. The van der Waals surface area contributed by atoms with E-state index in [1.165, 1.54) is 17.5 Å². The zero-order valence-corrected chi connectivity index (χ0v) is 20.4.